The number of aromatic nitrogens is 3. The number of carbonyl (C=O) groups excluding carboxylic acids is 1. The highest BCUT2D eigenvalue weighted by atomic mass is 35.5. The van der Waals surface area contributed by atoms with Gasteiger partial charge in [-0.15, -0.1) is 11.3 Å². The molecule has 0 radical (unpaired) electrons. The van der Waals surface area contributed by atoms with E-state index in [0.717, 1.165) is 47.8 Å². The van der Waals surface area contributed by atoms with Crippen LogP contribution in [0.15, 0.2) is 35.7 Å². The van der Waals surface area contributed by atoms with Crippen molar-refractivity contribution in [3.63, 3.8) is 0 Å². The number of nitrogens with zero attached hydrogens (tertiary/aromatic N) is 3. The monoisotopic (exact) mass is 400 g/mol. The molecule has 140 valence electrons. The lowest BCUT2D eigenvalue weighted by molar-refractivity contribution is -0.120. The van der Waals surface area contributed by atoms with Gasteiger partial charge in [0.25, 0.3) is 0 Å². The zero-order valence-electron chi connectivity index (χ0n) is 15.1. The Hall–Kier alpha value is -2.18. The number of anilines is 1. The van der Waals surface area contributed by atoms with E-state index < -0.39 is 0 Å². The molecule has 1 aliphatic rings. The van der Waals surface area contributed by atoms with Gasteiger partial charge in [-0.2, -0.15) is 9.78 Å². The van der Waals surface area contributed by atoms with Crippen LogP contribution in [-0.4, -0.2) is 20.7 Å². The number of aryl methyl sites for hydroxylation is 1. The third kappa shape index (κ3) is 4.06. The van der Waals surface area contributed by atoms with Crippen molar-refractivity contribution in [2.24, 2.45) is 5.92 Å². The summed E-state index contributed by atoms with van der Waals surface area (Å²) >= 11 is 7.46. The van der Waals surface area contributed by atoms with E-state index in [1.807, 2.05) is 42.6 Å². The number of hydrogen-bond donors (Lipinski definition) is 1. The number of nitrogens with one attached hydrogen (secondary N) is 1. The van der Waals surface area contributed by atoms with Crippen molar-refractivity contribution in [2.75, 3.05) is 5.32 Å². The van der Waals surface area contributed by atoms with E-state index in [1.165, 1.54) is 17.8 Å². The van der Waals surface area contributed by atoms with Gasteiger partial charge in [-0.25, -0.2) is 4.98 Å². The molecule has 0 saturated heterocycles. The van der Waals surface area contributed by atoms with Crippen LogP contribution in [0, 0.1) is 12.8 Å². The minimum Gasteiger partial charge on any atom is -0.310 e. The van der Waals surface area contributed by atoms with Crippen LogP contribution in [0.3, 0.4) is 0 Å². The summed E-state index contributed by atoms with van der Waals surface area (Å²) in [6.07, 6.45) is 5.43. The molecule has 2 aromatic heterocycles. The smallest absolute Gasteiger partial charge is 0.228 e. The summed E-state index contributed by atoms with van der Waals surface area (Å²) in [7, 11) is 0. The SMILES string of the molecule is Cc1cc(NC(=O)C2CCCCC2)n(-c2nc(-c3ccc(Cl)cc3)cs2)n1. The Morgan fingerprint density at radius 1 is 1.22 bits per heavy atom. The number of amides is 1. The van der Waals surface area contributed by atoms with Crippen molar-refractivity contribution < 1.29 is 4.79 Å². The van der Waals surface area contributed by atoms with Crippen LogP contribution in [0.4, 0.5) is 5.82 Å². The Balaban J connectivity index is 1.57. The molecular weight excluding hydrogens is 380 g/mol. The second kappa shape index (κ2) is 7.82. The Morgan fingerprint density at radius 3 is 2.70 bits per heavy atom. The predicted octanol–water partition coefficient (Wildman–Crippen LogP) is 5.48. The summed E-state index contributed by atoms with van der Waals surface area (Å²) in [4.78, 5) is 17.3. The Kier molecular flexibility index (Phi) is 5.27. The molecule has 27 heavy (non-hydrogen) atoms. The first-order chi connectivity index (χ1) is 13.1. The van der Waals surface area contributed by atoms with Gasteiger partial charge in [0.2, 0.25) is 11.0 Å². The average Bonchev–Trinajstić information content (AvgIpc) is 3.30. The number of benzene rings is 1. The molecule has 1 N–H and O–H groups in total. The molecular formula is C20H21ClN4OS. The molecule has 3 aromatic rings. The van der Waals surface area contributed by atoms with Crippen molar-refractivity contribution in [2.45, 2.75) is 39.0 Å². The maximum absolute atomic E-state index is 12.6. The van der Waals surface area contributed by atoms with Crippen molar-refractivity contribution in [1.82, 2.24) is 14.8 Å². The normalized spacial score (nSPS) is 15.0. The molecule has 4 rings (SSSR count). The molecule has 0 bridgehead atoms. The maximum Gasteiger partial charge on any atom is 0.228 e. The Bertz CT molecular complexity index is 941. The molecule has 2 heterocycles. The summed E-state index contributed by atoms with van der Waals surface area (Å²) in [5, 5.41) is 11.0. The quantitative estimate of drug-likeness (QED) is 0.631. The van der Waals surface area contributed by atoms with Crippen LogP contribution < -0.4 is 5.32 Å². The fraction of sp³-hybridized carbons (Fsp3) is 0.350. The molecule has 0 spiro atoms. The van der Waals surface area contributed by atoms with Gasteiger partial charge in [0.15, 0.2) is 0 Å². The molecule has 1 fully saturated rings. The number of carbonyl (C=O) groups is 1. The molecule has 1 aromatic carbocycles. The Morgan fingerprint density at radius 2 is 1.96 bits per heavy atom. The summed E-state index contributed by atoms with van der Waals surface area (Å²) in [5.41, 5.74) is 2.71. The van der Waals surface area contributed by atoms with Gasteiger partial charge in [-0.3, -0.25) is 4.79 Å². The zero-order valence-corrected chi connectivity index (χ0v) is 16.7. The fourth-order valence-electron chi connectivity index (χ4n) is 3.44. The van der Waals surface area contributed by atoms with Crippen LogP contribution in [0.1, 0.15) is 37.8 Å². The summed E-state index contributed by atoms with van der Waals surface area (Å²) in [6, 6.07) is 9.49. The van der Waals surface area contributed by atoms with Crippen LogP contribution in [0.5, 0.6) is 0 Å². The first-order valence-electron chi connectivity index (χ1n) is 9.19. The van der Waals surface area contributed by atoms with Crippen molar-refractivity contribution in [3.8, 4) is 16.4 Å². The third-order valence-electron chi connectivity index (χ3n) is 4.87. The van der Waals surface area contributed by atoms with E-state index in [1.54, 1.807) is 4.68 Å². The van der Waals surface area contributed by atoms with Crippen molar-refractivity contribution >= 4 is 34.7 Å². The molecule has 1 aliphatic carbocycles. The molecule has 7 heteroatoms. The van der Waals surface area contributed by atoms with E-state index in [0.29, 0.717) is 10.8 Å². The van der Waals surface area contributed by atoms with E-state index in [2.05, 4.69) is 10.4 Å². The molecule has 1 saturated carbocycles. The average molecular weight is 401 g/mol. The van der Waals surface area contributed by atoms with E-state index >= 15 is 0 Å². The van der Waals surface area contributed by atoms with Gasteiger partial charge in [0, 0.05) is 28.0 Å². The highest BCUT2D eigenvalue weighted by molar-refractivity contribution is 7.12. The third-order valence-corrected chi connectivity index (χ3v) is 5.94. The van der Waals surface area contributed by atoms with Gasteiger partial charge < -0.3 is 5.32 Å². The van der Waals surface area contributed by atoms with Gasteiger partial charge in [0.05, 0.1) is 11.4 Å². The van der Waals surface area contributed by atoms with E-state index in [-0.39, 0.29) is 11.8 Å². The number of hydrogen-bond acceptors (Lipinski definition) is 4. The largest absolute Gasteiger partial charge is 0.310 e. The lowest BCUT2D eigenvalue weighted by Crippen LogP contribution is -2.25. The van der Waals surface area contributed by atoms with Crippen LogP contribution in [-0.2, 0) is 4.79 Å². The summed E-state index contributed by atoms with van der Waals surface area (Å²) < 4.78 is 1.72. The number of thiazole rings is 1. The molecule has 0 atom stereocenters. The molecule has 5 nitrogen and oxygen atoms in total. The minimum atomic E-state index is 0.0883. The second-order valence-corrected chi connectivity index (χ2v) is 8.20. The summed E-state index contributed by atoms with van der Waals surface area (Å²) in [5.74, 6) is 0.869. The predicted molar refractivity (Wildman–Crippen MR) is 110 cm³/mol. The zero-order chi connectivity index (χ0) is 18.8. The standard InChI is InChI=1S/C20H21ClN4OS/c1-13-11-18(23-19(26)15-5-3-2-4-6-15)25(24-13)20-22-17(12-27-20)14-7-9-16(21)10-8-14/h7-12,15H,2-6H2,1H3,(H,23,26). The van der Waals surface area contributed by atoms with Crippen molar-refractivity contribution in [1.29, 1.82) is 0 Å². The molecule has 0 unspecified atom stereocenters. The van der Waals surface area contributed by atoms with Gasteiger partial charge in [-0.05, 0) is 31.9 Å². The molecule has 0 aliphatic heterocycles. The highest BCUT2D eigenvalue weighted by Crippen LogP contribution is 2.29. The first kappa shape index (κ1) is 18.2. The lowest BCUT2D eigenvalue weighted by atomic mass is 9.89. The minimum absolute atomic E-state index is 0.0883. The topological polar surface area (TPSA) is 59.8 Å². The van der Waals surface area contributed by atoms with Gasteiger partial charge >= 0.3 is 0 Å². The Labute approximate surface area is 167 Å². The highest BCUT2D eigenvalue weighted by Gasteiger charge is 2.23. The first-order valence-corrected chi connectivity index (χ1v) is 10.5. The van der Waals surface area contributed by atoms with Crippen LogP contribution >= 0.6 is 22.9 Å². The molecule has 1 amide bonds. The van der Waals surface area contributed by atoms with Gasteiger partial charge in [0.1, 0.15) is 5.82 Å². The van der Waals surface area contributed by atoms with Gasteiger partial charge in [-0.1, -0.05) is 43.0 Å². The second-order valence-electron chi connectivity index (χ2n) is 6.93. The number of halogens is 1. The van der Waals surface area contributed by atoms with Crippen molar-refractivity contribution in [3.05, 3.63) is 46.4 Å². The maximum atomic E-state index is 12.6. The lowest BCUT2D eigenvalue weighted by Gasteiger charge is -2.20. The van der Waals surface area contributed by atoms with E-state index in [9.17, 15) is 4.79 Å². The van der Waals surface area contributed by atoms with Crippen LogP contribution in [0.25, 0.3) is 16.4 Å². The van der Waals surface area contributed by atoms with E-state index in [4.69, 9.17) is 16.6 Å². The number of rotatable bonds is 4. The van der Waals surface area contributed by atoms with Crippen LogP contribution in [0.2, 0.25) is 5.02 Å². The summed E-state index contributed by atoms with van der Waals surface area (Å²) in [6.45, 7) is 1.92. The fourth-order valence-corrected chi connectivity index (χ4v) is 4.36.